The minimum absolute atomic E-state index is 0.160. The highest BCUT2D eigenvalue weighted by Gasteiger charge is 2.43. The average Bonchev–Trinajstić information content (AvgIpc) is 2.76. The Morgan fingerprint density at radius 3 is 2.15 bits per heavy atom. The van der Waals surface area contributed by atoms with Gasteiger partial charge in [-0.15, -0.1) is 0 Å². The monoisotopic (exact) mass is 279 g/mol. The molecule has 2 rings (SSSR count). The normalized spacial score (nSPS) is 25.4. The van der Waals surface area contributed by atoms with Crippen molar-refractivity contribution >= 4 is 11.9 Å². The van der Waals surface area contributed by atoms with Crippen molar-refractivity contribution in [2.24, 2.45) is 4.99 Å². The van der Waals surface area contributed by atoms with Crippen LogP contribution in [0, 0.1) is 0 Å². The van der Waals surface area contributed by atoms with Gasteiger partial charge in [-0.3, -0.25) is 4.99 Å². The van der Waals surface area contributed by atoms with E-state index in [1.54, 1.807) is 20.4 Å². The minimum Gasteiger partial charge on any atom is -0.382 e. The van der Waals surface area contributed by atoms with Crippen molar-refractivity contribution < 1.29 is 18.9 Å². The standard InChI is InChI=1S/C15H21NO4/c1-15(11-16-12-7-5-4-6-8-12)19-13(9-17-2)14(20-15)10-18-3/h4-8,11,13-14H,9-10H2,1-3H3/t13-,14-/m0/s1. The fraction of sp³-hybridized carbons (Fsp3) is 0.533. The van der Waals surface area contributed by atoms with Gasteiger partial charge >= 0.3 is 0 Å². The zero-order valence-electron chi connectivity index (χ0n) is 12.1. The highest BCUT2D eigenvalue weighted by Crippen LogP contribution is 2.28. The number of ether oxygens (including phenoxy) is 4. The second-order valence-corrected chi connectivity index (χ2v) is 4.83. The molecule has 1 saturated heterocycles. The zero-order valence-corrected chi connectivity index (χ0v) is 12.1. The molecule has 2 atom stereocenters. The van der Waals surface area contributed by atoms with E-state index in [2.05, 4.69) is 4.99 Å². The molecule has 1 fully saturated rings. The Morgan fingerprint density at radius 2 is 1.65 bits per heavy atom. The fourth-order valence-corrected chi connectivity index (χ4v) is 2.16. The van der Waals surface area contributed by atoms with E-state index in [4.69, 9.17) is 18.9 Å². The lowest BCUT2D eigenvalue weighted by molar-refractivity contribution is -0.109. The smallest absolute Gasteiger partial charge is 0.203 e. The van der Waals surface area contributed by atoms with E-state index < -0.39 is 5.79 Å². The second-order valence-electron chi connectivity index (χ2n) is 4.83. The van der Waals surface area contributed by atoms with Crippen LogP contribution in [0.5, 0.6) is 0 Å². The Labute approximate surface area is 119 Å². The van der Waals surface area contributed by atoms with Crippen LogP contribution in [0.4, 0.5) is 5.69 Å². The van der Waals surface area contributed by atoms with Crippen LogP contribution in [-0.4, -0.2) is 51.6 Å². The molecule has 0 N–H and O–H groups in total. The summed E-state index contributed by atoms with van der Waals surface area (Å²) < 4.78 is 22.1. The molecule has 0 unspecified atom stereocenters. The van der Waals surface area contributed by atoms with Crippen molar-refractivity contribution in [2.45, 2.75) is 24.9 Å². The van der Waals surface area contributed by atoms with Crippen LogP contribution >= 0.6 is 0 Å². The summed E-state index contributed by atoms with van der Waals surface area (Å²) >= 11 is 0. The lowest BCUT2D eigenvalue weighted by atomic mass is 10.2. The Bertz CT molecular complexity index is 421. The number of aliphatic imine (C=N–C) groups is 1. The van der Waals surface area contributed by atoms with Gasteiger partial charge in [-0.1, -0.05) is 18.2 Å². The summed E-state index contributed by atoms with van der Waals surface area (Å²) in [7, 11) is 3.28. The van der Waals surface area contributed by atoms with Gasteiger partial charge in [0.2, 0.25) is 5.79 Å². The highest BCUT2D eigenvalue weighted by atomic mass is 16.8. The molecule has 1 aromatic carbocycles. The van der Waals surface area contributed by atoms with E-state index in [0.29, 0.717) is 13.2 Å². The SMILES string of the molecule is COC[C@@H]1OC(C)(C=Nc2ccccc2)O[C@H]1COC. The first-order chi connectivity index (χ1) is 9.67. The van der Waals surface area contributed by atoms with Crippen molar-refractivity contribution in [2.75, 3.05) is 27.4 Å². The van der Waals surface area contributed by atoms with Crippen LogP contribution in [0.1, 0.15) is 6.92 Å². The molecule has 0 spiro atoms. The molecule has 0 radical (unpaired) electrons. The average molecular weight is 279 g/mol. The first kappa shape index (κ1) is 15.1. The van der Waals surface area contributed by atoms with Crippen molar-refractivity contribution in [1.29, 1.82) is 0 Å². The number of hydrogen-bond acceptors (Lipinski definition) is 5. The maximum absolute atomic E-state index is 5.90. The van der Waals surface area contributed by atoms with Crippen LogP contribution in [0.3, 0.4) is 0 Å². The molecule has 0 aliphatic carbocycles. The van der Waals surface area contributed by atoms with Gasteiger partial charge in [0.25, 0.3) is 0 Å². The summed E-state index contributed by atoms with van der Waals surface area (Å²) in [5.41, 5.74) is 0.861. The molecule has 1 aliphatic heterocycles. The van der Waals surface area contributed by atoms with E-state index in [0.717, 1.165) is 5.69 Å². The number of para-hydroxylation sites is 1. The van der Waals surface area contributed by atoms with E-state index in [-0.39, 0.29) is 12.2 Å². The molecule has 0 saturated carbocycles. The first-order valence-corrected chi connectivity index (χ1v) is 6.60. The Kier molecular flexibility index (Phi) is 5.25. The maximum atomic E-state index is 5.90. The Hall–Kier alpha value is -1.27. The summed E-state index contributed by atoms with van der Waals surface area (Å²) in [6.07, 6.45) is 1.36. The van der Waals surface area contributed by atoms with Gasteiger partial charge in [0.1, 0.15) is 12.2 Å². The molecule has 5 nitrogen and oxygen atoms in total. The van der Waals surface area contributed by atoms with Crippen molar-refractivity contribution in [3.8, 4) is 0 Å². The minimum atomic E-state index is -0.859. The van der Waals surface area contributed by atoms with E-state index in [1.165, 1.54) is 0 Å². The molecule has 110 valence electrons. The Balaban J connectivity index is 2.05. The van der Waals surface area contributed by atoms with Gasteiger partial charge in [0, 0.05) is 14.2 Å². The molecule has 1 heterocycles. The molecular weight excluding hydrogens is 258 g/mol. The molecule has 0 aromatic heterocycles. The summed E-state index contributed by atoms with van der Waals surface area (Å²) in [6, 6.07) is 9.67. The molecular formula is C15H21NO4. The fourth-order valence-electron chi connectivity index (χ4n) is 2.16. The lowest BCUT2D eigenvalue weighted by Crippen LogP contribution is -2.30. The largest absolute Gasteiger partial charge is 0.382 e. The summed E-state index contributed by atoms with van der Waals surface area (Å²) in [4.78, 5) is 4.39. The molecule has 1 aliphatic rings. The van der Waals surface area contributed by atoms with Crippen molar-refractivity contribution in [3.05, 3.63) is 30.3 Å². The predicted octanol–water partition coefficient (Wildman–Crippen LogP) is 2.18. The van der Waals surface area contributed by atoms with Crippen molar-refractivity contribution in [1.82, 2.24) is 0 Å². The number of rotatable bonds is 6. The third-order valence-electron chi connectivity index (χ3n) is 3.05. The zero-order chi connectivity index (χ0) is 14.4. The van der Waals surface area contributed by atoms with Gasteiger partial charge in [-0.25, -0.2) is 0 Å². The summed E-state index contributed by atoms with van der Waals surface area (Å²) in [6.45, 7) is 2.77. The molecule has 1 aromatic rings. The van der Waals surface area contributed by atoms with Crippen LogP contribution in [0.15, 0.2) is 35.3 Å². The Morgan fingerprint density at radius 1 is 1.10 bits per heavy atom. The second kappa shape index (κ2) is 6.95. The number of nitrogens with zero attached hydrogens (tertiary/aromatic N) is 1. The van der Waals surface area contributed by atoms with Gasteiger partial charge in [0.05, 0.1) is 25.1 Å². The maximum Gasteiger partial charge on any atom is 0.203 e. The van der Waals surface area contributed by atoms with Crippen molar-refractivity contribution in [3.63, 3.8) is 0 Å². The topological polar surface area (TPSA) is 49.3 Å². The highest BCUT2D eigenvalue weighted by molar-refractivity contribution is 5.70. The van der Waals surface area contributed by atoms with Gasteiger partial charge < -0.3 is 18.9 Å². The quantitative estimate of drug-likeness (QED) is 0.749. The van der Waals surface area contributed by atoms with E-state index in [9.17, 15) is 0 Å². The van der Waals surface area contributed by atoms with Crippen LogP contribution in [-0.2, 0) is 18.9 Å². The van der Waals surface area contributed by atoms with Gasteiger partial charge in [0.15, 0.2) is 0 Å². The van der Waals surface area contributed by atoms with Crippen LogP contribution in [0.25, 0.3) is 0 Å². The van der Waals surface area contributed by atoms with Gasteiger partial charge in [-0.05, 0) is 19.1 Å². The lowest BCUT2D eigenvalue weighted by Gasteiger charge is -2.17. The molecule has 0 bridgehead atoms. The van der Waals surface area contributed by atoms with E-state index >= 15 is 0 Å². The predicted molar refractivity (Wildman–Crippen MR) is 76.5 cm³/mol. The summed E-state index contributed by atoms with van der Waals surface area (Å²) in [5, 5.41) is 0. The molecule has 20 heavy (non-hydrogen) atoms. The first-order valence-electron chi connectivity index (χ1n) is 6.60. The summed E-state index contributed by atoms with van der Waals surface area (Å²) in [5.74, 6) is -0.859. The van der Waals surface area contributed by atoms with Crippen LogP contribution in [0.2, 0.25) is 0 Å². The van der Waals surface area contributed by atoms with E-state index in [1.807, 2.05) is 37.3 Å². The third-order valence-corrected chi connectivity index (χ3v) is 3.05. The third kappa shape index (κ3) is 3.86. The molecule has 0 amide bonds. The van der Waals surface area contributed by atoms with Crippen LogP contribution < -0.4 is 0 Å². The number of hydrogen-bond donors (Lipinski definition) is 0. The van der Waals surface area contributed by atoms with Gasteiger partial charge in [-0.2, -0.15) is 0 Å². The number of benzene rings is 1. The molecule has 5 heteroatoms. The number of methoxy groups -OCH3 is 2.